The van der Waals surface area contributed by atoms with Crippen LogP contribution in [0, 0.1) is 13.8 Å². The number of amides is 1. The summed E-state index contributed by atoms with van der Waals surface area (Å²) < 4.78 is 0. The number of benzene rings is 2. The highest BCUT2D eigenvalue weighted by Gasteiger charge is 2.08. The lowest BCUT2D eigenvalue weighted by molar-refractivity contribution is 0.0950. The molecule has 0 bridgehead atoms. The minimum atomic E-state index is -0.182. The maximum atomic E-state index is 12.2. The highest BCUT2D eigenvalue weighted by atomic mass is 16.1. The van der Waals surface area contributed by atoms with Gasteiger partial charge in [-0.2, -0.15) is 0 Å². The SMILES string of the molecule is Cc1ccc(CNc2ncc(C(=O)NCc3ccccc3C)cn2)cc1. The Morgan fingerprint density at radius 2 is 1.62 bits per heavy atom. The van der Waals surface area contributed by atoms with Crippen LogP contribution in [0.4, 0.5) is 5.95 Å². The lowest BCUT2D eigenvalue weighted by Gasteiger charge is -2.08. The molecule has 132 valence electrons. The molecule has 0 radical (unpaired) electrons. The first kappa shape index (κ1) is 17.6. The van der Waals surface area contributed by atoms with Crippen LogP contribution in [0.1, 0.15) is 32.6 Å². The number of aromatic nitrogens is 2. The lowest BCUT2D eigenvalue weighted by Crippen LogP contribution is -2.23. The molecule has 1 aromatic heterocycles. The van der Waals surface area contributed by atoms with Crippen molar-refractivity contribution in [2.75, 3.05) is 5.32 Å². The van der Waals surface area contributed by atoms with E-state index in [9.17, 15) is 4.79 Å². The van der Waals surface area contributed by atoms with Crippen LogP contribution in [0.15, 0.2) is 60.9 Å². The average Bonchev–Trinajstić information content (AvgIpc) is 2.67. The Labute approximate surface area is 153 Å². The Balaban J connectivity index is 1.54. The summed E-state index contributed by atoms with van der Waals surface area (Å²) in [5.41, 5.74) is 5.07. The van der Waals surface area contributed by atoms with E-state index in [4.69, 9.17) is 0 Å². The van der Waals surface area contributed by atoms with Crippen LogP contribution in [-0.2, 0) is 13.1 Å². The molecule has 2 N–H and O–H groups in total. The van der Waals surface area contributed by atoms with E-state index in [1.165, 1.54) is 18.0 Å². The monoisotopic (exact) mass is 346 g/mol. The van der Waals surface area contributed by atoms with E-state index in [1.807, 2.05) is 31.2 Å². The van der Waals surface area contributed by atoms with E-state index in [-0.39, 0.29) is 5.91 Å². The van der Waals surface area contributed by atoms with Gasteiger partial charge in [-0.25, -0.2) is 9.97 Å². The molecule has 1 heterocycles. The molecule has 5 heteroatoms. The number of hydrogen-bond donors (Lipinski definition) is 2. The Morgan fingerprint density at radius 1 is 0.923 bits per heavy atom. The Hall–Kier alpha value is -3.21. The second kappa shape index (κ2) is 8.25. The van der Waals surface area contributed by atoms with Crippen LogP contribution in [0.5, 0.6) is 0 Å². The van der Waals surface area contributed by atoms with Gasteiger partial charge in [0.25, 0.3) is 5.91 Å². The predicted molar refractivity (Wildman–Crippen MR) is 103 cm³/mol. The number of nitrogens with one attached hydrogen (secondary N) is 2. The van der Waals surface area contributed by atoms with Gasteiger partial charge in [-0.3, -0.25) is 4.79 Å². The van der Waals surface area contributed by atoms with Crippen molar-refractivity contribution < 1.29 is 4.79 Å². The Morgan fingerprint density at radius 3 is 2.31 bits per heavy atom. The van der Waals surface area contributed by atoms with E-state index < -0.39 is 0 Å². The van der Waals surface area contributed by atoms with Crippen molar-refractivity contribution in [3.05, 3.63) is 88.7 Å². The van der Waals surface area contributed by atoms with Crippen molar-refractivity contribution >= 4 is 11.9 Å². The van der Waals surface area contributed by atoms with Gasteiger partial charge in [0.05, 0.1) is 5.56 Å². The number of hydrogen-bond acceptors (Lipinski definition) is 4. The van der Waals surface area contributed by atoms with Gasteiger partial charge in [-0.15, -0.1) is 0 Å². The second-order valence-corrected chi connectivity index (χ2v) is 6.24. The third kappa shape index (κ3) is 4.66. The van der Waals surface area contributed by atoms with Gasteiger partial charge in [-0.05, 0) is 30.5 Å². The quantitative estimate of drug-likeness (QED) is 0.715. The molecule has 0 saturated carbocycles. The molecule has 0 spiro atoms. The molecule has 0 saturated heterocycles. The molecule has 0 aliphatic rings. The molecular formula is C21H22N4O. The highest BCUT2D eigenvalue weighted by Crippen LogP contribution is 2.08. The molecule has 3 rings (SSSR count). The van der Waals surface area contributed by atoms with Crippen molar-refractivity contribution in [3.63, 3.8) is 0 Å². The molecule has 26 heavy (non-hydrogen) atoms. The first-order valence-electron chi connectivity index (χ1n) is 8.56. The second-order valence-electron chi connectivity index (χ2n) is 6.24. The number of nitrogens with zero attached hydrogens (tertiary/aromatic N) is 2. The van der Waals surface area contributed by atoms with Gasteiger partial charge in [0, 0.05) is 25.5 Å². The van der Waals surface area contributed by atoms with Gasteiger partial charge in [0.15, 0.2) is 0 Å². The molecule has 0 aliphatic carbocycles. The number of carbonyl (C=O) groups is 1. The van der Waals surface area contributed by atoms with E-state index in [2.05, 4.69) is 51.8 Å². The van der Waals surface area contributed by atoms with Crippen LogP contribution in [0.25, 0.3) is 0 Å². The minimum absolute atomic E-state index is 0.182. The van der Waals surface area contributed by atoms with E-state index in [1.54, 1.807) is 0 Å². The average molecular weight is 346 g/mol. The summed E-state index contributed by atoms with van der Waals surface area (Å²) in [4.78, 5) is 20.7. The van der Waals surface area contributed by atoms with Crippen molar-refractivity contribution in [3.8, 4) is 0 Å². The zero-order valence-electron chi connectivity index (χ0n) is 15.0. The molecule has 3 aromatic rings. The standard InChI is InChI=1S/C21H22N4O/c1-15-7-9-17(10-8-15)11-23-21-24-13-19(14-25-21)20(26)22-12-18-6-4-3-5-16(18)2/h3-10,13-14H,11-12H2,1-2H3,(H,22,26)(H,23,24,25). The predicted octanol–water partition coefficient (Wildman–Crippen LogP) is 3.64. The van der Waals surface area contributed by atoms with E-state index in [0.717, 1.165) is 16.7 Å². The summed E-state index contributed by atoms with van der Waals surface area (Å²) >= 11 is 0. The van der Waals surface area contributed by atoms with Crippen LogP contribution in [0.3, 0.4) is 0 Å². The summed E-state index contributed by atoms with van der Waals surface area (Å²) in [7, 11) is 0. The van der Waals surface area contributed by atoms with Crippen molar-refractivity contribution in [1.82, 2.24) is 15.3 Å². The zero-order valence-corrected chi connectivity index (χ0v) is 15.0. The number of aryl methyl sites for hydroxylation is 2. The molecule has 0 aliphatic heterocycles. The zero-order chi connectivity index (χ0) is 18.4. The third-order valence-corrected chi connectivity index (χ3v) is 4.19. The molecule has 0 atom stereocenters. The van der Waals surface area contributed by atoms with Gasteiger partial charge in [0.1, 0.15) is 0 Å². The minimum Gasteiger partial charge on any atom is -0.350 e. The summed E-state index contributed by atoms with van der Waals surface area (Å²) in [6, 6.07) is 16.2. The van der Waals surface area contributed by atoms with Crippen LogP contribution in [0.2, 0.25) is 0 Å². The van der Waals surface area contributed by atoms with Gasteiger partial charge >= 0.3 is 0 Å². The van der Waals surface area contributed by atoms with Gasteiger partial charge in [0.2, 0.25) is 5.95 Å². The van der Waals surface area contributed by atoms with Crippen LogP contribution >= 0.6 is 0 Å². The van der Waals surface area contributed by atoms with E-state index in [0.29, 0.717) is 24.6 Å². The molecule has 0 fully saturated rings. The third-order valence-electron chi connectivity index (χ3n) is 4.19. The Kier molecular flexibility index (Phi) is 5.59. The van der Waals surface area contributed by atoms with Crippen molar-refractivity contribution in [1.29, 1.82) is 0 Å². The fourth-order valence-corrected chi connectivity index (χ4v) is 2.51. The smallest absolute Gasteiger partial charge is 0.254 e. The number of carbonyl (C=O) groups excluding carboxylic acids is 1. The summed E-state index contributed by atoms with van der Waals surface area (Å²) in [5.74, 6) is 0.319. The molecule has 5 nitrogen and oxygen atoms in total. The summed E-state index contributed by atoms with van der Waals surface area (Å²) in [6.07, 6.45) is 3.08. The van der Waals surface area contributed by atoms with Gasteiger partial charge < -0.3 is 10.6 Å². The van der Waals surface area contributed by atoms with Gasteiger partial charge in [-0.1, -0.05) is 54.1 Å². The Bertz CT molecular complexity index is 873. The summed E-state index contributed by atoms with van der Waals surface area (Å²) in [6.45, 7) is 5.21. The first-order chi connectivity index (χ1) is 12.6. The lowest BCUT2D eigenvalue weighted by atomic mass is 10.1. The number of rotatable bonds is 6. The van der Waals surface area contributed by atoms with Crippen molar-refractivity contribution in [2.24, 2.45) is 0 Å². The maximum Gasteiger partial charge on any atom is 0.254 e. The normalized spacial score (nSPS) is 10.4. The van der Waals surface area contributed by atoms with Crippen molar-refractivity contribution in [2.45, 2.75) is 26.9 Å². The molecular weight excluding hydrogens is 324 g/mol. The maximum absolute atomic E-state index is 12.2. The largest absolute Gasteiger partial charge is 0.350 e. The first-order valence-corrected chi connectivity index (χ1v) is 8.56. The molecule has 0 unspecified atom stereocenters. The van der Waals surface area contributed by atoms with Crippen LogP contribution in [-0.4, -0.2) is 15.9 Å². The van der Waals surface area contributed by atoms with Crippen LogP contribution < -0.4 is 10.6 Å². The topological polar surface area (TPSA) is 66.9 Å². The summed E-state index contributed by atoms with van der Waals surface area (Å²) in [5, 5.41) is 6.06. The molecule has 1 amide bonds. The fraction of sp³-hybridized carbons (Fsp3) is 0.190. The fourth-order valence-electron chi connectivity index (χ4n) is 2.51. The van der Waals surface area contributed by atoms with E-state index >= 15 is 0 Å². The molecule has 2 aromatic carbocycles. The number of anilines is 1. The highest BCUT2D eigenvalue weighted by molar-refractivity contribution is 5.93.